The Hall–Kier alpha value is -0.970. The van der Waals surface area contributed by atoms with Crippen molar-refractivity contribution in [1.82, 2.24) is 4.90 Å². The average molecular weight is 326 g/mol. The zero-order chi connectivity index (χ0) is 15.7. The summed E-state index contributed by atoms with van der Waals surface area (Å²) in [5, 5.41) is 11.1. The van der Waals surface area contributed by atoms with Crippen molar-refractivity contribution in [3.05, 3.63) is 22.7 Å². The largest absolute Gasteiger partial charge is 0.493 e. The number of methoxy groups -OCH3 is 1. The number of piperidine rings is 3. The number of fused-ring (bicyclic) bond motifs is 3. The first kappa shape index (κ1) is 15.9. The lowest BCUT2D eigenvalue weighted by atomic mass is 9.78. The van der Waals surface area contributed by atoms with Crippen LogP contribution < -0.4 is 9.47 Å². The fraction of sp³-hybridized carbons (Fsp3) is 0.647. The van der Waals surface area contributed by atoms with Gasteiger partial charge in [0.25, 0.3) is 0 Å². The molecule has 3 fully saturated rings. The maximum absolute atomic E-state index is 10.5. The van der Waals surface area contributed by atoms with E-state index >= 15 is 0 Å². The van der Waals surface area contributed by atoms with E-state index in [1.165, 1.54) is 0 Å². The first-order chi connectivity index (χ1) is 10.6. The molecule has 0 aromatic heterocycles. The zero-order valence-electron chi connectivity index (χ0n) is 13.2. The molecule has 0 amide bonds. The van der Waals surface area contributed by atoms with Crippen LogP contribution in [0.5, 0.6) is 11.5 Å². The highest BCUT2D eigenvalue weighted by Gasteiger charge is 2.41. The maximum atomic E-state index is 10.5. The molecule has 4 rings (SSSR count). The number of aliphatic hydroxyl groups excluding tert-OH is 1. The summed E-state index contributed by atoms with van der Waals surface area (Å²) in [6, 6.07) is 4.10. The summed E-state index contributed by atoms with van der Waals surface area (Å²) in [6.45, 7) is 4.65. The summed E-state index contributed by atoms with van der Waals surface area (Å²) < 4.78 is 11.0. The fourth-order valence-electron chi connectivity index (χ4n) is 3.79. The molecule has 4 nitrogen and oxygen atoms in total. The van der Waals surface area contributed by atoms with Crippen LogP contribution in [0.25, 0.3) is 0 Å². The van der Waals surface area contributed by atoms with Crippen LogP contribution in [0.4, 0.5) is 0 Å². The SMILES string of the molecule is CCOc1c(Cl)cc(CC2C(O)C3CCN2CC3)cc1OC. The molecule has 3 saturated heterocycles. The molecule has 0 spiro atoms. The highest BCUT2D eigenvalue weighted by atomic mass is 35.5. The molecule has 22 heavy (non-hydrogen) atoms. The molecule has 122 valence electrons. The second-order valence-electron chi connectivity index (χ2n) is 6.18. The van der Waals surface area contributed by atoms with Crippen LogP contribution in [-0.4, -0.2) is 49.0 Å². The van der Waals surface area contributed by atoms with E-state index in [2.05, 4.69) is 4.90 Å². The molecule has 2 atom stereocenters. The lowest BCUT2D eigenvalue weighted by Gasteiger charge is -2.49. The Balaban J connectivity index is 1.82. The van der Waals surface area contributed by atoms with Crippen molar-refractivity contribution in [2.75, 3.05) is 26.8 Å². The zero-order valence-corrected chi connectivity index (χ0v) is 14.0. The third-order valence-corrected chi connectivity index (χ3v) is 5.22. The Labute approximate surface area is 137 Å². The maximum Gasteiger partial charge on any atom is 0.179 e. The van der Waals surface area contributed by atoms with E-state index < -0.39 is 0 Å². The normalized spacial score (nSPS) is 30.4. The molecule has 0 aliphatic carbocycles. The molecule has 1 aromatic carbocycles. The van der Waals surface area contributed by atoms with Gasteiger partial charge in [0.05, 0.1) is 24.8 Å². The minimum Gasteiger partial charge on any atom is -0.493 e. The number of nitrogens with zero attached hydrogens (tertiary/aromatic N) is 1. The van der Waals surface area contributed by atoms with Crippen molar-refractivity contribution in [3.63, 3.8) is 0 Å². The highest BCUT2D eigenvalue weighted by molar-refractivity contribution is 6.32. The van der Waals surface area contributed by atoms with Gasteiger partial charge in [-0.25, -0.2) is 0 Å². The van der Waals surface area contributed by atoms with E-state index in [-0.39, 0.29) is 12.1 Å². The summed E-state index contributed by atoms with van der Waals surface area (Å²) in [5.41, 5.74) is 1.09. The van der Waals surface area contributed by atoms with Crippen LogP contribution in [0.3, 0.4) is 0 Å². The first-order valence-electron chi connectivity index (χ1n) is 8.05. The van der Waals surface area contributed by atoms with Gasteiger partial charge in [0.15, 0.2) is 11.5 Å². The van der Waals surface area contributed by atoms with E-state index in [4.69, 9.17) is 21.1 Å². The summed E-state index contributed by atoms with van der Waals surface area (Å²) in [6.07, 6.45) is 2.79. The van der Waals surface area contributed by atoms with Gasteiger partial charge in [-0.15, -0.1) is 0 Å². The molecule has 3 heterocycles. The number of aliphatic hydroxyl groups is 1. The fourth-order valence-corrected chi connectivity index (χ4v) is 4.08. The molecule has 1 aromatic rings. The van der Waals surface area contributed by atoms with Gasteiger partial charge in [0.1, 0.15) is 0 Å². The molecular weight excluding hydrogens is 302 g/mol. The molecule has 2 unspecified atom stereocenters. The second-order valence-corrected chi connectivity index (χ2v) is 6.58. The van der Waals surface area contributed by atoms with Gasteiger partial charge in [-0.05, 0) is 62.9 Å². The van der Waals surface area contributed by atoms with Crippen molar-refractivity contribution in [2.24, 2.45) is 5.92 Å². The standard InChI is InChI=1S/C17H24ClNO3/c1-3-22-17-13(18)8-11(10-15(17)21-2)9-14-16(20)12-4-6-19(14)7-5-12/h8,10,12,14,16,20H,3-7,9H2,1-2H3. The van der Waals surface area contributed by atoms with Crippen molar-refractivity contribution in [3.8, 4) is 11.5 Å². The quantitative estimate of drug-likeness (QED) is 0.904. The summed E-state index contributed by atoms with van der Waals surface area (Å²) in [5.74, 6) is 1.71. The Kier molecular flexibility index (Phi) is 4.81. The summed E-state index contributed by atoms with van der Waals surface area (Å²) in [7, 11) is 1.62. The number of hydrogen-bond donors (Lipinski definition) is 1. The summed E-state index contributed by atoms with van der Waals surface area (Å²) >= 11 is 6.34. The predicted molar refractivity (Wildman–Crippen MR) is 87.0 cm³/mol. The molecule has 5 heteroatoms. The van der Waals surface area contributed by atoms with E-state index in [9.17, 15) is 5.11 Å². The van der Waals surface area contributed by atoms with Crippen LogP contribution in [0.1, 0.15) is 25.3 Å². The average Bonchev–Trinajstić information content (AvgIpc) is 2.53. The third-order valence-electron chi connectivity index (χ3n) is 4.94. The van der Waals surface area contributed by atoms with Crippen LogP contribution >= 0.6 is 11.6 Å². The van der Waals surface area contributed by atoms with E-state index in [1.807, 2.05) is 19.1 Å². The van der Waals surface area contributed by atoms with Crippen LogP contribution in [0.2, 0.25) is 5.02 Å². The number of hydrogen-bond acceptors (Lipinski definition) is 4. The minimum absolute atomic E-state index is 0.186. The Morgan fingerprint density at radius 2 is 2.05 bits per heavy atom. The number of ether oxygens (including phenoxy) is 2. The highest BCUT2D eigenvalue weighted by Crippen LogP contribution is 2.39. The van der Waals surface area contributed by atoms with Crippen LogP contribution in [-0.2, 0) is 6.42 Å². The lowest BCUT2D eigenvalue weighted by Crippen LogP contribution is -2.58. The number of halogens is 1. The van der Waals surface area contributed by atoms with E-state index in [1.54, 1.807) is 7.11 Å². The lowest BCUT2D eigenvalue weighted by molar-refractivity contribution is -0.0715. The van der Waals surface area contributed by atoms with Crippen molar-refractivity contribution in [2.45, 2.75) is 38.3 Å². The van der Waals surface area contributed by atoms with Crippen LogP contribution in [0, 0.1) is 5.92 Å². The van der Waals surface area contributed by atoms with Gasteiger partial charge in [0.2, 0.25) is 0 Å². The van der Waals surface area contributed by atoms with E-state index in [0.29, 0.717) is 29.0 Å². The topological polar surface area (TPSA) is 41.9 Å². The van der Waals surface area contributed by atoms with Gasteiger partial charge >= 0.3 is 0 Å². The Morgan fingerprint density at radius 3 is 2.64 bits per heavy atom. The Bertz CT molecular complexity index is 527. The molecule has 0 radical (unpaired) electrons. The van der Waals surface area contributed by atoms with Crippen molar-refractivity contribution < 1.29 is 14.6 Å². The second kappa shape index (κ2) is 6.65. The Morgan fingerprint density at radius 1 is 1.32 bits per heavy atom. The van der Waals surface area contributed by atoms with Gasteiger partial charge in [-0.1, -0.05) is 11.6 Å². The summed E-state index contributed by atoms with van der Waals surface area (Å²) in [4.78, 5) is 2.40. The van der Waals surface area contributed by atoms with Gasteiger partial charge < -0.3 is 14.6 Å². The molecule has 3 aliphatic heterocycles. The molecular formula is C17H24ClNO3. The van der Waals surface area contributed by atoms with Crippen molar-refractivity contribution >= 4 is 11.6 Å². The van der Waals surface area contributed by atoms with Gasteiger partial charge in [-0.2, -0.15) is 0 Å². The van der Waals surface area contributed by atoms with Gasteiger partial charge in [0, 0.05) is 6.04 Å². The predicted octanol–water partition coefficient (Wildman–Crippen LogP) is 2.74. The first-order valence-corrected chi connectivity index (χ1v) is 8.43. The van der Waals surface area contributed by atoms with Gasteiger partial charge in [-0.3, -0.25) is 4.90 Å². The van der Waals surface area contributed by atoms with Crippen molar-refractivity contribution in [1.29, 1.82) is 0 Å². The van der Waals surface area contributed by atoms with Crippen LogP contribution in [0.15, 0.2) is 12.1 Å². The molecule has 1 N–H and O–H groups in total. The third kappa shape index (κ3) is 2.92. The monoisotopic (exact) mass is 325 g/mol. The molecule has 3 aliphatic rings. The number of benzene rings is 1. The molecule has 0 saturated carbocycles. The number of rotatable bonds is 5. The van der Waals surface area contributed by atoms with E-state index in [0.717, 1.165) is 37.9 Å². The minimum atomic E-state index is -0.237. The molecule has 2 bridgehead atoms. The smallest absolute Gasteiger partial charge is 0.179 e.